The molecule has 1 aromatic rings. The predicted octanol–water partition coefficient (Wildman–Crippen LogP) is 4.06. The van der Waals surface area contributed by atoms with Crippen molar-refractivity contribution < 1.29 is 9.47 Å². The first kappa shape index (κ1) is 16.5. The second kappa shape index (κ2) is 8.56. The fraction of sp³-hybridized carbons (Fsp3) is 0.625. The van der Waals surface area contributed by atoms with Crippen molar-refractivity contribution in [3.63, 3.8) is 0 Å². The van der Waals surface area contributed by atoms with Gasteiger partial charge in [0.2, 0.25) is 0 Å². The van der Waals surface area contributed by atoms with E-state index in [9.17, 15) is 0 Å². The number of ether oxygens (including phenoxy) is 2. The normalized spacial score (nSPS) is 12.0. The summed E-state index contributed by atoms with van der Waals surface area (Å²) in [6.45, 7) is 4.41. The van der Waals surface area contributed by atoms with E-state index < -0.39 is 0 Å². The van der Waals surface area contributed by atoms with Crippen molar-refractivity contribution >= 4 is 11.4 Å². The van der Waals surface area contributed by atoms with Gasteiger partial charge in [0, 0.05) is 18.2 Å². The topological polar surface area (TPSA) is 56.5 Å². The van der Waals surface area contributed by atoms with Gasteiger partial charge < -0.3 is 20.5 Å². The lowest BCUT2D eigenvalue weighted by Crippen LogP contribution is -2.16. The summed E-state index contributed by atoms with van der Waals surface area (Å²) in [5, 5.41) is 3.45. The molecule has 0 aliphatic rings. The van der Waals surface area contributed by atoms with Crippen LogP contribution in [0.4, 0.5) is 11.4 Å². The van der Waals surface area contributed by atoms with E-state index in [1.165, 1.54) is 25.7 Å². The van der Waals surface area contributed by atoms with Gasteiger partial charge in [-0.1, -0.05) is 32.6 Å². The van der Waals surface area contributed by atoms with Crippen LogP contribution in [-0.2, 0) is 0 Å². The Hall–Kier alpha value is -1.58. The zero-order valence-electron chi connectivity index (χ0n) is 13.2. The second-order valence-electron chi connectivity index (χ2n) is 5.19. The van der Waals surface area contributed by atoms with Gasteiger partial charge in [-0.15, -0.1) is 0 Å². The second-order valence-corrected chi connectivity index (χ2v) is 5.19. The molecule has 1 aromatic carbocycles. The average Bonchev–Trinajstić information content (AvgIpc) is 2.45. The molecular formula is C16H28N2O2. The number of hydrogen-bond acceptors (Lipinski definition) is 4. The summed E-state index contributed by atoms with van der Waals surface area (Å²) in [7, 11) is 3.24. The minimum absolute atomic E-state index is 0.396. The molecule has 1 rings (SSSR count). The quantitative estimate of drug-likeness (QED) is 0.529. The molecule has 0 saturated carbocycles. The first-order chi connectivity index (χ1) is 9.62. The molecule has 0 radical (unpaired) electrons. The Morgan fingerprint density at radius 1 is 1.10 bits per heavy atom. The third-order valence-electron chi connectivity index (χ3n) is 3.45. The van der Waals surface area contributed by atoms with Gasteiger partial charge in [0.15, 0.2) is 11.5 Å². The van der Waals surface area contributed by atoms with Crippen LogP contribution in [0.15, 0.2) is 12.1 Å². The van der Waals surface area contributed by atoms with Crippen LogP contribution >= 0.6 is 0 Å². The molecule has 20 heavy (non-hydrogen) atoms. The van der Waals surface area contributed by atoms with Gasteiger partial charge in [-0.25, -0.2) is 0 Å². The van der Waals surface area contributed by atoms with Crippen molar-refractivity contribution in [3.8, 4) is 11.5 Å². The summed E-state index contributed by atoms with van der Waals surface area (Å²) in [5.74, 6) is 1.36. The summed E-state index contributed by atoms with van der Waals surface area (Å²) in [5.41, 5.74) is 7.64. The molecule has 4 nitrogen and oxygen atoms in total. The predicted molar refractivity (Wildman–Crippen MR) is 85.8 cm³/mol. The van der Waals surface area contributed by atoms with Crippen molar-refractivity contribution in [1.82, 2.24) is 0 Å². The van der Waals surface area contributed by atoms with Crippen molar-refractivity contribution in [3.05, 3.63) is 12.1 Å². The molecule has 4 heteroatoms. The summed E-state index contributed by atoms with van der Waals surface area (Å²) >= 11 is 0. The molecule has 0 saturated heterocycles. The Morgan fingerprint density at radius 2 is 1.75 bits per heavy atom. The van der Waals surface area contributed by atoms with E-state index in [2.05, 4.69) is 19.2 Å². The summed E-state index contributed by atoms with van der Waals surface area (Å²) in [6, 6.07) is 4.09. The number of nitrogen functional groups attached to an aromatic ring is 1. The van der Waals surface area contributed by atoms with E-state index in [1.807, 2.05) is 6.07 Å². The molecule has 0 heterocycles. The molecule has 1 atom stereocenters. The standard InChI is InChI=1S/C16H28N2O2/c1-5-6-7-8-9-12(2)18-14-11-16(20-4)15(19-3)10-13(14)17/h10-12,18H,5-9,17H2,1-4H3. The van der Waals surface area contributed by atoms with Crippen LogP contribution < -0.4 is 20.5 Å². The van der Waals surface area contributed by atoms with Gasteiger partial charge in [-0.05, 0) is 13.3 Å². The number of benzene rings is 1. The van der Waals surface area contributed by atoms with Gasteiger partial charge in [0.05, 0.1) is 25.6 Å². The van der Waals surface area contributed by atoms with Gasteiger partial charge in [-0.2, -0.15) is 0 Å². The van der Waals surface area contributed by atoms with Crippen molar-refractivity contribution in [2.45, 2.75) is 52.0 Å². The van der Waals surface area contributed by atoms with Crippen LogP contribution in [0.2, 0.25) is 0 Å². The van der Waals surface area contributed by atoms with Crippen LogP contribution in [0.25, 0.3) is 0 Å². The van der Waals surface area contributed by atoms with Crippen LogP contribution in [0.5, 0.6) is 11.5 Å². The van der Waals surface area contributed by atoms with Gasteiger partial charge in [0.25, 0.3) is 0 Å². The number of rotatable bonds is 9. The molecule has 0 aliphatic heterocycles. The van der Waals surface area contributed by atoms with Crippen LogP contribution in [-0.4, -0.2) is 20.3 Å². The van der Waals surface area contributed by atoms with E-state index in [1.54, 1.807) is 20.3 Å². The van der Waals surface area contributed by atoms with Gasteiger partial charge in [-0.3, -0.25) is 0 Å². The summed E-state index contributed by atoms with van der Waals surface area (Å²) < 4.78 is 10.5. The van der Waals surface area contributed by atoms with Crippen LogP contribution in [0.1, 0.15) is 46.0 Å². The maximum Gasteiger partial charge on any atom is 0.162 e. The number of anilines is 2. The molecule has 0 amide bonds. The molecule has 0 aliphatic carbocycles. The minimum atomic E-state index is 0.396. The van der Waals surface area contributed by atoms with E-state index in [-0.39, 0.29) is 0 Å². The Labute approximate surface area is 122 Å². The molecule has 0 fully saturated rings. The third-order valence-corrected chi connectivity index (χ3v) is 3.45. The maximum absolute atomic E-state index is 6.05. The van der Waals surface area contributed by atoms with Crippen LogP contribution in [0, 0.1) is 0 Å². The first-order valence-corrected chi connectivity index (χ1v) is 7.40. The number of methoxy groups -OCH3 is 2. The number of nitrogens with one attached hydrogen (secondary N) is 1. The highest BCUT2D eigenvalue weighted by Crippen LogP contribution is 2.35. The highest BCUT2D eigenvalue weighted by Gasteiger charge is 2.11. The lowest BCUT2D eigenvalue weighted by atomic mass is 10.1. The van der Waals surface area contributed by atoms with Crippen LogP contribution in [0.3, 0.4) is 0 Å². The molecule has 114 valence electrons. The minimum Gasteiger partial charge on any atom is -0.493 e. The SMILES string of the molecule is CCCCCCC(C)Nc1cc(OC)c(OC)cc1N. The number of hydrogen-bond donors (Lipinski definition) is 2. The molecule has 0 bridgehead atoms. The van der Waals surface area contributed by atoms with Gasteiger partial charge in [0.1, 0.15) is 0 Å². The van der Waals surface area contributed by atoms with E-state index in [0.29, 0.717) is 23.2 Å². The highest BCUT2D eigenvalue weighted by molar-refractivity contribution is 5.72. The lowest BCUT2D eigenvalue weighted by molar-refractivity contribution is 0.355. The smallest absolute Gasteiger partial charge is 0.162 e. The summed E-state index contributed by atoms with van der Waals surface area (Å²) in [4.78, 5) is 0. The fourth-order valence-corrected chi connectivity index (χ4v) is 2.23. The monoisotopic (exact) mass is 280 g/mol. The number of nitrogens with two attached hydrogens (primary N) is 1. The van der Waals surface area contributed by atoms with E-state index in [0.717, 1.165) is 12.1 Å². The van der Waals surface area contributed by atoms with Gasteiger partial charge >= 0.3 is 0 Å². The fourth-order valence-electron chi connectivity index (χ4n) is 2.23. The third kappa shape index (κ3) is 4.83. The zero-order chi connectivity index (χ0) is 15.0. The maximum atomic E-state index is 6.05. The molecule has 3 N–H and O–H groups in total. The van der Waals surface area contributed by atoms with Crippen molar-refractivity contribution in [2.75, 3.05) is 25.3 Å². The van der Waals surface area contributed by atoms with E-state index in [4.69, 9.17) is 15.2 Å². The molecule has 0 aromatic heterocycles. The Balaban J connectivity index is 2.62. The Kier molecular flexibility index (Phi) is 7.05. The zero-order valence-corrected chi connectivity index (χ0v) is 13.2. The molecule has 1 unspecified atom stereocenters. The summed E-state index contributed by atoms with van der Waals surface area (Å²) in [6.07, 6.45) is 6.27. The molecular weight excluding hydrogens is 252 g/mol. The van der Waals surface area contributed by atoms with Crippen molar-refractivity contribution in [2.24, 2.45) is 0 Å². The van der Waals surface area contributed by atoms with E-state index >= 15 is 0 Å². The highest BCUT2D eigenvalue weighted by atomic mass is 16.5. The first-order valence-electron chi connectivity index (χ1n) is 7.40. The number of unbranched alkanes of at least 4 members (excludes halogenated alkanes) is 3. The Morgan fingerprint density at radius 3 is 2.35 bits per heavy atom. The largest absolute Gasteiger partial charge is 0.493 e. The molecule has 0 spiro atoms. The van der Waals surface area contributed by atoms with Crippen molar-refractivity contribution in [1.29, 1.82) is 0 Å². The average molecular weight is 280 g/mol. The lowest BCUT2D eigenvalue weighted by Gasteiger charge is -2.18. The Bertz CT molecular complexity index is 408.